The largest absolute Gasteiger partial charge is 0.434 e. The van der Waals surface area contributed by atoms with Crippen molar-refractivity contribution < 1.29 is 9.21 Å². The Morgan fingerprint density at radius 1 is 0.903 bits per heavy atom. The summed E-state index contributed by atoms with van der Waals surface area (Å²) in [6, 6.07) is 24.4. The van der Waals surface area contributed by atoms with E-state index in [-0.39, 0.29) is 11.0 Å². The number of carbonyl (C=O) groups is 1. The van der Waals surface area contributed by atoms with E-state index >= 15 is 0 Å². The van der Waals surface area contributed by atoms with Gasteiger partial charge in [-0.2, -0.15) is 4.98 Å². The fraction of sp³-hybridized carbons (Fsp3) is 0. The molecule has 0 aliphatic heterocycles. The molecule has 0 aliphatic carbocycles. The van der Waals surface area contributed by atoms with Gasteiger partial charge in [0, 0.05) is 23.0 Å². The second-order valence-electron chi connectivity index (χ2n) is 6.86. The number of carbonyl (C=O) groups excluding carboxylic acids is 1. The molecule has 2 heterocycles. The summed E-state index contributed by atoms with van der Waals surface area (Å²) >= 11 is 5.32. The van der Waals surface area contributed by atoms with Crippen molar-refractivity contribution >= 4 is 50.9 Å². The van der Waals surface area contributed by atoms with E-state index in [1.165, 1.54) is 0 Å². The minimum atomic E-state index is -0.259. The van der Waals surface area contributed by atoms with E-state index in [9.17, 15) is 4.79 Å². The van der Waals surface area contributed by atoms with Crippen LogP contribution in [0.3, 0.4) is 0 Å². The van der Waals surface area contributed by atoms with E-state index in [2.05, 4.69) is 20.6 Å². The van der Waals surface area contributed by atoms with Crippen LogP contribution in [0, 0.1) is 0 Å². The first-order valence-corrected chi connectivity index (χ1v) is 10.0. The molecule has 0 saturated carbocycles. The molecule has 0 atom stereocenters. The van der Waals surface area contributed by atoms with Crippen LogP contribution in [0.15, 0.2) is 89.5 Å². The summed E-state index contributed by atoms with van der Waals surface area (Å²) in [5.41, 5.74) is 3.33. The Balaban J connectivity index is 1.28. The Morgan fingerprint density at radius 3 is 2.55 bits per heavy atom. The first-order chi connectivity index (χ1) is 15.2. The van der Waals surface area contributed by atoms with Crippen LogP contribution in [0.4, 0.5) is 5.69 Å². The normalized spacial score (nSPS) is 10.8. The zero-order chi connectivity index (χ0) is 21.2. The first-order valence-electron chi connectivity index (χ1n) is 9.59. The van der Waals surface area contributed by atoms with Crippen LogP contribution in [0.25, 0.3) is 33.5 Å². The maximum atomic E-state index is 12.7. The highest BCUT2D eigenvalue weighted by molar-refractivity contribution is 7.80. The molecule has 2 N–H and O–H groups in total. The molecule has 150 valence electrons. The van der Waals surface area contributed by atoms with Crippen molar-refractivity contribution in [3.05, 3.63) is 90.6 Å². The van der Waals surface area contributed by atoms with Gasteiger partial charge in [-0.3, -0.25) is 10.1 Å². The lowest BCUT2D eigenvalue weighted by Crippen LogP contribution is -2.34. The number of rotatable bonds is 3. The van der Waals surface area contributed by atoms with Gasteiger partial charge >= 0.3 is 0 Å². The lowest BCUT2D eigenvalue weighted by molar-refractivity contribution is 0.0979. The molecule has 0 radical (unpaired) electrons. The molecule has 7 heteroatoms. The van der Waals surface area contributed by atoms with Crippen molar-refractivity contribution in [2.24, 2.45) is 0 Å². The quantitative estimate of drug-likeness (QED) is 0.389. The predicted octanol–water partition coefficient (Wildman–Crippen LogP) is 5.17. The molecule has 3 aromatic carbocycles. The van der Waals surface area contributed by atoms with Gasteiger partial charge in [-0.1, -0.05) is 36.4 Å². The summed E-state index contributed by atoms with van der Waals surface area (Å²) < 4.78 is 5.73. The van der Waals surface area contributed by atoms with E-state index in [1.54, 1.807) is 18.3 Å². The van der Waals surface area contributed by atoms with Crippen LogP contribution in [-0.2, 0) is 0 Å². The Kier molecular flexibility index (Phi) is 4.86. The van der Waals surface area contributed by atoms with E-state index in [4.69, 9.17) is 16.6 Å². The van der Waals surface area contributed by atoms with Gasteiger partial charge in [-0.25, -0.2) is 4.98 Å². The van der Waals surface area contributed by atoms with Gasteiger partial charge in [-0.05, 0) is 65.5 Å². The summed E-state index contributed by atoms with van der Waals surface area (Å²) in [6.45, 7) is 0. The third kappa shape index (κ3) is 3.86. The third-order valence-electron chi connectivity index (χ3n) is 4.82. The van der Waals surface area contributed by atoms with Gasteiger partial charge in [0.2, 0.25) is 5.89 Å². The number of benzene rings is 3. The Labute approximate surface area is 182 Å². The summed E-state index contributed by atoms with van der Waals surface area (Å²) in [4.78, 5) is 21.3. The average Bonchev–Trinajstić information content (AvgIpc) is 3.23. The third-order valence-corrected chi connectivity index (χ3v) is 5.02. The molecular formula is C24H16N4O2S. The zero-order valence-corrected chi connectivity index (χ0v) is 17.0. The van der Waals surface area contributed by atoms with Gasteiger partial charge < -0.3 is 9.73 Å². The van der Waals surface area contributed by atoms with Crippen molar-refractivity contribution in [2.45, 2.75) is 0 Å². The number of nitrogens with one attached hydrogen (secondary N) is 2. The molecule has 0 saturated heterocycles. The molecule has 0 bridgehead atoms. The van der Waals surface area contributed by atoms with Crippen LogP contribution in [0.2, 0.25) is 0 Å². The van der Waals surface area contributed by atoms with Crippen molar-refractivity contribution in [1.82, 2.24) is 15.3 Å². The number of pyridine rings is 1. The second kappa shape index (κ2) is 7.97. The monoisotopic (exact) mass is 424 g/mol. The van der Waals surface area contributed by atoms with Crippen LogP contribution in [0.5, 0.6) is 0 Å². The number of fused-ring (bicyclic) bond motifs is 2. The molecule has 6 nitrogen and oxygen atoms in total. The van der Waals surface area contributed by atoms with Gasteiger partial charge in [0.05, 0.1) is 0 Å². The summed E-state index contributed by atoms with van der Waals surface area (Å²) in [7, 11) is 0. The number of oxazole rings is 1. The van der Waals surface area contributed by atoms with Crippen molar-refractivity contribution in [3.63, 3.8) is 0 Å². The van der Waals surface area contributed by atoms with Crippen LogP contribution >= 0.6 is 12.2 Å². The Bertz CT molecular complexity index is 1390. The van der Waals surface area contributed by atoms with Gasteiger partial charge in [0.1, 0.15) is 0 Å². The molecule has 0 unspecified atom stereocenters. The molecular weight excluding hydrogens is 408 g/mol. The number of amides is 1. The Hall–Kier alpha value is -4.10. The van der Waals surface area contributed by atoms with Crippen molar-refractivity contribution in [2.75, 3.05) is 5.32 Å². The van der Waals surface area contributed by atoms with Crippen molar-refractivity contribution in [3.8, 4) is 11.5 Å². The standard InChI is InChI=1S/C24H16N4O2S/c29-22(19-8-3-6-15-5-1-2-7-18(15)19)28-24(31)26-17-12-10-16(11-13-17)23-27-21-20(30-23)9-4-14-25-21/h1-14H,(H2,26,28,29,31). The van der Waals surface area contributed by atoms with E-state index in [1.807, 2.05) is 66.7 Å². The molecule has 5 rings (SSSR count). The summed E-state index contributed by atoms with van der Waals surface area (Å²) in [5.74, 6) is 0.233. The minimum absolute atomic E-state index is 0.219. The topological polar surface area (TPSA) is 80.0 Å². The number of thiocarbonyl (C=S) groups is 1. The average molecular weight is 424 g/mol. The van der Waals surface area contributed by atoms with E-state index in [0.29, 0.717) is 22.7 Å². The number of aromatic nitrogens is 2. The molecule has 0 spiro atoms. The smallest absolute Gasteiger partial charge is 0.258 e. The SMILES string of the molecule is O=C(NC(=S)Nc1ccc(-c2nc3ncccc3o2)cc1)c1cccc2ccccc12. The fourth-order valence-electron chi connectivity index (χ4n) is 3.34. The number of hydrogen-bond donors (Lipinski definition) is 2. The highest BCUT2D eigenvalue weighted by Gasteiger charge is 2.12. The van der Waals surface area contributed by atoms with E-state index < -0.39 is 0 Å². The number of anilines is 1. The summed E-state index contributed by atoms with van der Waals surface area (Å²) in [5, 5.41) is 7.87. The first kappa shape index (κ1) is 18.9. The lowest BCUT2D eigenvalue weighted by Gasteiger charge is -2.11. The highest BCUT2D eigenvalue weighted by Crippen LogP contribution is 2.24. The van der Waals surface area contributed by atoms with E-state index in [0.717, 1.165) is 22.0 Å². The number of nitrogens with zero attached hydrogens (tertiary/aromatic N) is 2. The number of hydrogen-bond acceptors (Lipinski definition) is 5. The molecule has 0 aliphatic rings. The predicted molar refractivity (Wildman–Crippen MR) is 125 cm³/mol. The summed E-state index contributed by atoms with van der Waals surface area (Å²) in [6.07, 6.45) is 1.68. The van der Waals surface area contributed by atoms with Gasteiger partial charge in [-0.15, -0.1) is 0 Å². The fourth-order valence-corrected chi connectivity index (χ4v) is 3.56. The van der Waals surface area contributed by atoms with Crippen molar-refractivity contribution in [1.29, 1.82) is 0 Å². The molecule has 31 heavy (non-hydrogen) atoms. The maximum Gasteiger partial charge on any atom is 0.258 e. The van der Waals surface area contributed by atoms with Crippen LogP contribution in [0.1, 0.15) is 10.4 Å². The Morgan fingerprint density at radius 2 is 1.71 bits per heavy atom. The molecule has 2 aromatic heterocycles. The second-order valence-corrected chi connectivity index (χ2v) is 7.26. The molecule has 5 aromatic rings. The minimum Gasteiger partial charge on any atom is -0.434 e. The van der Waals surface area contributed by atoms with Gasteiger partial charge in [0.25, 0.3) is 5.91 Å². The van der Waals surface area contributed by atoms with Gasteiger partial charge in [0.15, 0.2) is 16.3 Å². The lowest BCUT2D eigenvalue weighted by atomic mass is 10.0. The van der Waals surface area contributed by atoms with Crippen LogP contribution < -0.4 is 10.6 Å². The molecule has 0 fully saturated rings. The zero-order valence-electron chi connectivity index (χ0n) is 16.2. The van der Waals surface area contributed by atoms with Crippen LogP contribution in [-0.4, -0.2) is 21.0 Å². The highest BCUT2D eigenvalue weighted by atomic mass is 32.1. The maximum absolute atomic E-state index is 12.7. The molecule has 1 amide bonds.